The molecule has 0 bridgehead atoms. The number of thiophene rings is 1. The molecular formula is C18H16N2OS. The molecule has 1 heterocycles. The Morgan fingerprint density at radius 1 is 1.00 bits per heavy atom. The molecule has 110 valence electrons. The Bertz CT molecular complexity index is 766. The van der Waals surface area contributed by atoms with Crippen LogP contribution in [0.4, 0.5) is 5.00 Å². The van der Waals surface area contributed by atoms with Crippen molar-refractivity contribution >= 4 is 22.2 Å². The lowest BCUT2D eigenvalue weighted by atomic mass is 10.1. The van der Waals surface area contributed by atoms with Crippen molar-refractivity contribution in [2.24, 2.45) is 0 Å². The number of carbonyl (C=O) groups is 1. The molecule has 0 fully saturated rings. The van der Waals surface area contributed by atoms with E-state index in [9.17, 15) is 4.79 Å². The topological polar surface area (TPSA) is 55.1 Å². The zero-order chi connectivity index (χ0) is 15.4. The van der Waals surface area contributed by atoms with Crippen molar-refractivity contribution in [1.29, 1.82) is 0 Å². The number of benzene rings is 2. The van der Waals surface area contributed by atoms with Crippen LogP contribution in [0, 0.1) is 0 Å². The lowest BCUT2D eigenvalue weighted by Crippen LogP contribution is -2.22. The lowest BCUT2D eigenvalue weighted by molar-refractivity contribution is 0.0952. The molecule has 0 atom stereocenters. The van der Waals surface area contributed by atoms with Crippen molar-refractivity contribution in [1.82, 2.24) is 5.32 Å². The number of carbonyl (C=O) groups excluding carboxylic acids is 1. The molecule has 1 aromatic heterocycles. The smallest absolute Gasteiger partial charge is 0.254 e. The molecule has 1 amide bonds. The second-order valence-electron chi connectivity index (χ2n) is 4.92. The van der Waals surface area contributed by atoms with Crippen molar-refractivity contribution in [2.75, 3.05) is 5.73 Å². The van der Waals surface area contributed by atoms with Gasteiger partial charge in [-0.25, -0.2) is 0 Å². The molecule has 0 unspecified atom stereocenters. The van der Waals surface area contributed by atoms with Gasteiger partial charge in [0, 0.05) is 11.4 Å². The van der Waals surface area contributed by atoms with Crippen LogP contribution in [-0.4, -0.2) is 5.91 Å². The van der Waals surface area contributed by atoms with Crippen molar-refractivity contribution in [3.63, 3.8) is 0 Å². The summed E-state index contributed by atoms with van der Waals surface area (Å²) >= 11 is 1.43. The van der Waals surface area contributed by atoms with Crippen LogP contribution in [0.25, 0.3) is 10.4 Å². The van der Waals surface area contributed by atoms with Crippen LogP contribution in [0.2, 0.25) is 0 Å². The highest BCUT2D eigenvalue weighted by Crippen LogP contribution is 2.33. The maximum atomic E-state index is 12.3. The minimum atomic E-state index is -0.139. The van der Waals surface area contributed by atoms with Crippen molar-refractivity contribution in [3.05, 3.63) is 77.9 Å². The Morgan fingerprint density at radius 3 is 2.32 bits per heavy atom. The van der Waals surface area contributed by atoms with Crippen LogP contribution in [0.1, 0.15) is 15.9 Å². The monoisotopic (exact) mass is 308 g/mol. The Labute approximate surface area is 133 Å². The molecule has 3 N–H and O–H groups in total. The number of nitrogen functional groups attached to an aromatic ring is 1. The summed E-state index contributed by atoms with van der Waals surface area (Å²) in [4.78, 5) is 13.3. The van der Waals surface area contributed by atoms with Gasteiger partial charge in [0.05, 0.1) is 10.6 Å². The number of nitrogens with two attached hydrogens (primary N) is 1. The summed E-state index contributed by atoms with van der Waals surface area (Å²) in [5, 5.41) is 3.45. The quantitative estimate of drug-likeness (QED) is 0.767. The van der Waals surface area contributed by atoms with E-state index in [1.54, 1.807) is 0 Å². The molecule has 4 heteroatoms. The second-order valence-corrected chi connectivity index (χ2v) is 6.01. The molecule has 0 aliphatic carbocycles. The summed E-state index contributed by atoms with van der Waals surface area (Å²) in [6.07, 6.45) is 0. The fourth-order valence-corrected chi connectivity index (χ4v) is 3.13. The fourth-order valence-electron chi connectivity index (χ4n) is 2.20. The van der Waals surface area contributed by atoms with Gasteiger partial charge < -0.3 is 11.1 Å². The number of hydrogen-bond acceptors (Lipinski definition) is 3. The number of hydrogen-bond donors (Lipinski definition) is 2. The third-order valence-electron chi connectivity index (χ3n) is 3.36. The van der Waals surface area contributed by atoms with Gasteiger partial charge in [0.2, 0.25) is 0 Å². The summed E-state index contributed by atoms with van der Waals surface area (Å²) < 4.78 is 0. The summed E-state index contributed by atoms with van der Waals surface area (Å²) in [5.74, 6) is -0.139. The van der Waals surface area contributed by atoms with E-state index < -0.39 is 0 Å². The van der Waals surface area contributed by atoms with Crippen LogP contribution in [0.5, 0.6) is 0 Å². The average Bonchev–Trinajstić information content (AvgIpc) is 2.96. The standard InChI is InChI=1S/C18H16N2OS/c19-17-15(11-16(22-17)14-9-5-2-6-10-14)18(21)20-12-13-7-3-1-4-8-13/h1-11H,12,19H2,(H,20,21). The molecular weight excluding hydrogens is 292 g/mol. The molecule has 0 saturated heterocycles. The summed E-state index contributed by atoms with van der Waals surface area (Å²) in [7, 11) is 0. The molecule has 0 aliphatic heterocycles. The van der Waals surface area contributed by atoms with Crippen LogP contribution in [0.15, 0.2) is 66.7 Å². The SMILES string of the molecule is Nc1sc(-c2ccccc2)cc1C(=O)NCc1ccccc1. The first-order chi connectivity index (χ1) is 10.7. The molecule has 2 aromatic carbocycles. The molecule has 22 heavy (non-hydrogen) atoms. The highest BCUT2D eigenvalue weighted by molar-refractivity contribution is 7.19. The van der Waals surface area contributed by atoms with Gasteiger partial charge in [-0.3, -0.25) is 4.79 Å². The Morgan fingerprint density at radius 2 is 1.64 bits per heavy atom. The van der Waals surface area contributed by atoms with Gasteiger partial charge in [-0.05, 0) is 17.2 Å². The third kappa shape index (κ3) is 3.18. The minimum Gasteiger partial charge on any atom is -0.390 e. The van der Waals surface area contributed by atoms with Crippen molar-refractivity contribution < 1.29 is 4.79 Å². The molecule has 0 spiro atoms. The van der Waals surface area contributed by atoms with Crippen molar-refractivity contribution in [2.45, 2.75) is 6.54 Å². The van der Waals surface area contributed by atoms with Gasteiger partial charge in [0.25, 0.3) is 5.91 Å². The normalized spacial score (nSPS) is 10.4. The molecule has 0 aliphatic rings. The first-order valence-corrected chi connectivity index (χ1v) is 7.82. The van der Waals surface area contributed by atoms with Gasteiger partial charge in [-0.15, -0.1) is 11.3 Å². The molecule has 3 rings (SSSR count). The predicted octanol–water partition coefficient (Wildman–Crippen LogP) is 3.93. The largest absolute Gasteiger partial charge is 0.390 e. The van der Waals surface area contributed by atoms with E-state index in [1.165, 1.54) is 11.3 Å². The molecule has 0 radical (unpaired) electrons. The highest BCUT2D eigenvalue weighted by atomic mass is 32.1. The van der Waals surface area contributed by atoms with E-state index >= 15 is 0 Å². The van der Waals surface area contributed by atoms with E-state index in [0.717, 1.165) is 16.0 Å². The minimum absolute atomic E-state index is 0.139. The highest BCUT2D eigenvalue weighted by Gasteiger charge is 2.14. The molecule has 3 nitrogen and oxygen atoms in total. The van der Waals surface area contributed by atoms with E-state index in [0.29, 0.717) is 17.1 Å². The predicted molar refractivity (Wildman–Crippen MR) is 91.8 cm³/mol. The van der Waals surface area contributed by atoms with Gasteiger partial charge >= 0.3 is 0 Å². The number of nitrogens with one attached hydrogen (secondary N) is 1. The van der Waals surface area contributed by atoms with Gasteiger partial charge in [-0.2, -0.15) is 0 Å². The van der Waals surface area contributed by atoms with E-state index in [4.69, 9.17) is 5.73 Å². The molecule has 3 aromatic rings. The summed E-state index contributed by atoms with van der Waals surface area (Å²) in [6, 6.07) is 21.6. The van der Waals surface area contributed by atoms with E-state index in [-0.39, 0.29) is 5.91 Å². The molecule has 0 saturated carbocycles. The average molecular weight is 308 g/mol. The van der Waals surface area contributed by atoms with Crippen molar-refractivity contribution in [3.8, 4) is 10.4 Å². The van der Waals surface area contributed by atoms with E-state index in [2.05, 4.69) is 5.32 Å². The third-order valence-corrected chi connectivity index (χ3v) is 4.37. The van der Waals surface area contributed by atoms with E-state index in [1.807, 2.05) is 66.7 Å². The van der Waals surface area contributed by atoms with Crippen LogP contribution >= 0.6 is 11.3 Å². The Balaban J connectivity index is 1.74. The van der Waals surface area contributed by atoms with Gasteiger partial charge in [-0.1, -0.05) is 60.7 Å². The number of anilines is 1. The van der Waals surface area contributed by atoms with Gasteiger partial charge in [0.1, 0.15) is 0 Å². The first kappa shape index (κ1) is 14.4. The zero-order valence-corrected chi connectivity index (χ0v) is 12.8. The lowest BCUT2D eigenvalue weighted by Gasteiger charge is -2.04. The number of amides is 1. The maximum Gasteiger partial charge on any atom is 0.254 e. The Hall–Kier alpha value is -2.59. The second kappa shape index (κ2) is 6.45. The van der Waals surface area contributed by atoms with Crippen LogP contribution in [-0.2, 0) is 6.54 Å². The number of rotatable bonds is 4. The van der Waals surface area contributed by atoms with Gasteiger partial charge in [0.15, 0.2) is 0 Å². The van der Waals surface area contributed by atoms with Crippen LogP contribution < -0.4 is 11.1 Å². The summed E-state index contributed by atoms with van der Waals surface area (Å²) in [6.45, 7) is 0.496. The fraction of sp³-hybridized carbons (Fsp3) is 0.0556. The Kier molecular flexibility index (Phi) is 4.21. The first-order valence-electron chi connectivity index (χ1n) is 7.01. The van der Waals surface area contributed by atoms with Crippen LogP contribution in [0.3, 0.4) is 0 Å². The zero-order valence-electron chi connectivity index (χ0n) is 12.0. The maximum absolute atomic E-state index is 12.3. The summed E-state index contributed by atoms with van der Waals surface area (Å²) in [5.41, 5.74) is 8.68.